The summed E-state index contributed by atoms with van der Waals surface area (Å²) < 4.78 is 1.47. The van der Waals surface area contributed by atoms with Gasteiger partial charge in [-0.15, -0.1) is 22.7 Å². The summed E-state index contributed by atoms with van der Waals surface area (Å²) in [5.74, 6) is -0.149. The van der Waals surface area contributed by atoms with Gasteiger partial charge in [-0.1, -0.05) is 0 Å². The molecule has 4 rings (SSSR count). The fourth-order valence-electron chi connectivity index (χ4n) is 2.56. The van der Waals surface area contributed by atoms with Crippen molar-refractivity contribution in [2.24, 2.45) is 0 Å². The van der Waals surface area contributed by atoms with Crippen LogP contribution in [0.3, 0.4) is 0 Å². The monoisotopic (exact) mass is 382 g/mol. The molecule has 1 N–H and O–H groups in total. The van der Waals surface area contributed by atoms with Crippen molar-refractivity contribution in [3.63, 3.8) is 0 Å². The fraction of sp³-hybridized carbons (Fsp3) is 0.111. The van der Waals surface area contributed by atoms with Gasteiger partial charge in [0.25, 0.3) is 5.56 Å². The molecule has 0 spiro atoms. The van der Waals surface area contributed by atoms with Gasteiger partial charge in [0.15, 0.2) is 0 Å². The lowest BCUT2D eigenvalue weighted by molar-refractivity contribution is -0.116. The molecule has 3 aromatic heterocycles. The minimum Gasteiger partial charge on any atom is -0.326 e. The molecule has 3 heterocycles. The van der Waals surface area contributed by atoms with Crippen LogP contribution in [-0.4, -0.2) is 20.4 Å². The maximum atomic E-state index is 12.3. The fourth-order valence-corrected chi connectivity index (χ4v) is 3.93. The summed E-state index contributed by atoms with van der Waals surface area (Å²) in [6.45, 7) is 0.292. The summed E-state index contributed by atoms with van der Waals surface area (Å²) >= 11 is 3.00. The van der Waals surface area contributed by atoms with E-state index in [1.165, 1.54) is 22.2 Å². The van der Waals surface area contributed by atoms with Gasteiger partial charge in [0.1, 0.15) is 9.84 Å². The Kier molecular flexibility index (Phi) is 4.59. The van der Waals surface area contributed by atoms with E-state index in [4.69, 9.17) is 0 Å². The maximum absolute atomic E-state index is 12.3. The van der Waals surface area contributed by atoms with Crippen LogP contribution in [0.2, 0.25) is 0 Å². The van der Waals surface area contributed by atoms with Crippen LogP contribution in [0.4, 0.5) is 5.69 Å². The molecule has 0 aliphatic heterocycles. The molecular weight excluding hydrogens is 368 g/mol. The summed E-state index contributed by atoms with van der Waals surface area (Å²) in [4.78, 5) is 33.7. The predicted octanol–water partition coefficient (Wildman–Crippen LogP) is 3.61. The average Bonchev–Trinajstić information content (AvgIpc) is 3.34. The number of thiazole rings is 1. The van der Waals surface area contributed by atoms with Gasteiger partial charge >= 0.3 is 0 Å². The predicted molar refractivity (Wildman–Crippen MR) is 105 cm³/mol. The van der Waals surface area contributed by atoms with Gasteiger partial charge in [-0.2, -0.15) is 0 Å². The van der Waals surface area contributed by atoms with Gasteiger partial charge in [0, 0.05) is 35.8 Å². The first kappa shape index (κ1) is 16.6. The lowest BCUT2D eigenvalue weighted by Crippen LogP contribution is -2.23. The molecule has 1 aromatic carbocycles. The smallest absolute Gasteiger partial charge is 0.262 e. The average molecular weight is 382 g/mol. The van der Waals surface area contributed by atoms with Crippen molar-refractivity contribution in [1.29, 1.82) is 0 Å². The third-order valence-corrected chi connectivity index (χ3v) is 5.52. The number of benzene rings is 1. The number of thiophene rings is 1. The summed E-state index contributed by atoms with van der Waals surface area (Å²) in [5, 5.41) is 8.15. The number of amides is 1. The second kappa shape index (κ2) is 7.19. The van der Waals surface area contributed by atoms with E-state index in [0.717, 1.165) is 15.4 Å². The molecule has 0 unspecified atom stereocenters. The SMILES string of the molecule is O=C(CCn1cnc2sccc2c1=O)Nc1ccc(-c2nccs2)cc1. The van der Waals surface area contributed by atoms with Crippen molar-refractivity contribution in [1.82, 2.24) is 14.5 Å². The van der Waals surface area contributed by atoms with Gasteiger partial charge in [0.2, 0.25) is 5.91 Å². The Bertz CT molecular complexity index is 1100. The van der Waals surface area contributed by atoms with Crippen molar-refractivity contribution in [3.8, 4) is 10.6 Å². The molecule has 130 valence electrons. The Morgan fingerprint density at radius 1 is 1.08 bits per heavy atom. The number of nitrogens with zero attached hydrogens (tertiary/aromatic N) is 3. The summed E-state index contributed by atoms with van der Waals surface area (Å²) in [5.41, 5.74) is 1.62. The first-order valence-corrected chi connectivity index (χ1v) is 9.69. The molecule has 6 nitrogen and oxygen atoms in total. The van der Waals surface area contributed by atoms with Crippen LogP contribution < -0.4 is 10.9 Å². The Balaban J connectivity index is 1.39. The Morgan fingerprint density at radius 2 is 1.92 bits per heavy atom. The van der Waals surface area contributed by atoms with E-state index in [1.807, 2.05) is 35.0 Å². The number of carbonyl (C=O) groups is 1. The Morgan fingerprint density at radius 3 is 2.69 bits per heavy atom. The largest absolute Gasteiger partial charge is 0.326 e. The number of aryl methyl sites for hydroxylation is 1. The lowest BCUT2D eigenvalue weighted by Gasteiger charge is -2.07. The van der Waals surface area contributed by atoms with Crippen LogP contribution in [0.15, 0.2) is 58.4 Å². The van der Waals surface area contributed by atoms with Gasteiger partial charge < -0.3 is 5.32 Å². The highest BCUT2D eigenvalue weighted by atomic mass is 32.1. The standard InChI is InChI=1S/C18H14N4O2S2/c23-15(5-8-22-11-20-17-14(18(22)24)6-9-25-17)21-13-3-1-12(2-4-13)16-19-7-10-26-16/h1-4,6-7,9-11H,5,8H2,(H,21,23). The van der Waals surface area contributed by atoms with Crippen LogP contribution >= 0.6 is 22.7 Å². The lowest BCUT2D eigenvalue weighted by atomic mass is 10.2. The highest BCUT2D eigenvalue weighted by molar-refractivity contribution is 7.16. The van der Waals surface area contributed by atoms with E-state index < -0.39 is 0 Å². The van der Waals surface area contributed by atoms with E-state index >= 15 is 0 Å². The molecule has 4 aromatic rings. The zero-order valence-corrected chi connectivity index (χ0v) is 15.2. The van der Waals surface area contributed by atoms with E-state index in [-0.39, 0.29) is 17.9 Å². The highest BCUT2D eigenvalue weighted by Crippen LogP contribution is 2.23. The van der Waals surface area contributed by atoms with Crippen LogP contribution in [0.25, 0.3) is 20.8 Å². The van der Waals surface area contributed by atoms with Crippen molar-refractivity contribution < 1.29 is 4.79 Å². The first-order chi connectivity index (χ1) is 12.7. The highest BCUT2D eigenvalue weighted by Gasteiger charge is 2.08. The second-order valence-corrected chi connectivity index (χ2v) is 7.38. The number of aromatic nitrogens is 3. The molecule has 26 heavy (non-hydrogen) atoms. The number of nitrogens with one attached hydrogen (secondary N) is 1. The van der Waals surface area contributed by atoms with Crippen molar-refractivity contribution in [2.45, 2.75) is 13.0 Å². The molecule has 0 fully saturated rings. The minimum atomic E-state index is -0.149. The molecule has 0 aliphatic carbocycles. The van der Waals surface area contributed by atoms with Crippen LogP contribution in [-0.2, 0) is 11.3 Å². The number of rotatable bonds is 5. The van der Waals surface area contributed by atoms with Crippen LogP contribution in [0.1, 0.15) is 6.42 Å². The first-order valence-electron chi connectivity index (χ1n) is 7.93. The van der Waals surface area contributed by atoms with E-state index in [1.54, 1.807) is 23.6 Å². The van der Waals surface area contributed by atoms with Crippen molar-refractivity contribution in [2.75, 3.05) is 5.32 Å². The molecule has 0 radical (unpaired) electrons. The number of hydrogen-bond acceptors (Lipinski definition) is 6. The van der Waals surface area contributed by atoms with Crippen LogP contribution in [0, 0.1) is 0 Å². The molecule has 0 atom stereocenters. The van der Waals surface area contributed by atoms with Gasteiger partial charge in [-0.3, -0.25) is 14.2 Å². The minimum absolute atomic E-state index is 0.114. The summed E-state index contributed by atoms with van der Waals surface area (Å²) in [6, 6.07) is 9.30. The molecule has 1 amide bonds. The third-order valence-electron chi connectivity index (χ3n) is 3.88. The molecule has 0 bridgehead atoms. The number of carbonyl (C=O) groups excluding carboxylic acids is 1. The number of anilines is 1. The molecule has 8 heteroatoms. The third kappa shape index (κ3) is 3.42. The van der Waals surface area contributed by atoms with Crippen molar-refractivity contribution in [3.05, 3.63) is 64.0 Å². The van der Waals surface area contributed by atoms with E-state index in [0.29, 0.717) is 17.6 Å². The topological polar surface area (TPSA) is 76.9 Å². The van der Waals surface area contributed by atoms with Gasteiger partial charge in [-0.05, 0) is 35.7 Å². The van der Waals surface area contributed by atoms with Crippen molar-refractivity contribution >= 4 is 44.5 Å². The number of hydrogen-bond donors (Lipinski definition) is 1. The second-order valence-electron chi connectivity index (χ2n) is 5.60. The molecule has 0 saturated carbocycles. The Hall–Kier alpha value is -2.84. The Labute approximate surface area is 156 Å². The van der Waals surface area contributed by atoms with Gasteiger partial charge in [-0.25, -0.2) is 9.97 Å². The maximum Gasteiger partial charge on any atom is 0.262 e. The summed E-state index contributed by atoms with van der Waals surface area (Å²) in [7, 11) is 0. The van der Waals surface area contributed by atoms with Crippen LogP contribution in [0.5, 0.6) is 0 Å². The number of fused-ring (bicyclic) bond motifs is 1. The summed E-state index contributed by atoms with van der Waals surface area (Å²) in [6.07, 6.45) is 3.46. The quantitative estimate of drug-likeness (QED) is 0.572. The normalized spacial score (nSPS) is 10.9. The molecule has 0 saturated heterocycles. The van der Waals surface area contributed by atoms with E-state index in [2.05, 4.69) is 15.3 Å². The molecular formula is C18H14N4O2S2. The van der Waals surface area contributed by atoms with E-state index in [9.17, 15) is 9.59 Å². The molecule has 0 aliphatic rings. The zero-order chi connectivity index (χ0) is 17.9. The zero-order valence-electron chi connectivity index (χ0n) is 13.6. The van der Waals surface area contributed by atoms with Gasteiger partial charge in [0.05, 0.1) is 11.7 Å².